The summed E-state index contributed by atoms with van der Waals surface area (Å²) >= 11 is 0. The summed E-state index contributed by atoms with van der Waals surface area (Å²) in [4.78, 5) is 25.8. The summed E-state index contributed by atoms with van der Waals surface area (Å²) in [6, 6.07) is 15.1. The van der Waals surface area contributed by atoms with Gasteiger partial charge in [0.15, 0.2) is 0 Å². The zero-order valence-electron chi connectivity index (χ0n) is 15.7. The maximum absolute atomic E-state index is 12.4. The lowest BCUT2D eigenvalue weighted by Crippen LogP contribution is -2.40. The first-order chi connectivity index (χ1) is 12.9. The van der Waals surface area contributed by atoms with Crippen molar-refractivity contribution in [3.63, 3.8) is 0 Å². The van der Waals surface area contributed by atoms with Gasteiger partial charge in [0.2, 0.25) is 0 Å². The van der Waals surface area contributed by atoms with E-state index >= 15 is 0 Å². The van der Waals surface area contributed by atoms with Gasteiger partial charge in [0.1, 0.15) is 11.3 Å². The maximum Gasteiger partial charge on any atom is 0.325 e. The third kappa shape index (κ3) is 4.20. The highest BCUT2D eigenvalue weighted by atomic mass is 16.5. The third-order valence-corrected chi connectivity index (χ3v) is 4.42. The van der Waals surface area contributed by atoms with Crippen LogP contribution in [0.25, 0.3) is 0 Å². The molecule has 0 radical (unpaired) electrons. The first-order valence-electron chi connectivity index (χ1n) is 8.74. The van der Waals surface area contributed by atoms with E-state index in [0.717, 1.165) is 16.8 Å². The Kier molecular flexibility index (Phi) is 5.32. The standard InChI is InChI=1S/C20H24N4O3/c1-20(2)18(25)24(19(26)22-20)13-15-11-14(9-10-17(15)27-3)12-21-23-16-7-5-4-6-8-16/h4-11,21,23H,12-13H2,1-3H3,(H,22,26). The van der Waals surface area contributed by atoms with Gasteiger partial charge in [-0.1, -0.05) is 24.3 Å². The Labute approximate surface area is 158 Å². The topological polar surface area (TPSA) is 82.7 Å². The highest BCUT2D eigenvalue weighted by Crippen LogP contribution is 2.25. The lowest BCUT2D eigenvalue weighted by molar-refractivity contribution is -0.130. The summed E-state index contributed by atoms with van der Waals surface area (Å²) < 4.78 is 5.40. The smallest absolute Gasteiger partial charge is 0.325 e. The van der Waals surface area contributed by atoms with Gasteiger partial charge in [0.05, 0.1) is 13.7 Å². The Morgan fingerprint density at radius 3 is 2.48 bits per heavy atom. The quantitative estimate of drug-likeness (QED) is 0.517. The Morgan fingerprint density at radius 1 is 1.11 bits per heavy atom. The monoisotopic (exact) mass is 368 g/mol. The number of ether oxygens (including phenoxy) is 1. The number of amides is 3. The van der Waals surface area contributed by atoms with Gasteiger partial charge >= 0.3 is 6.03 Å². The molecule has 0 spiro atoms. The predicted molar refractivity (Wildman–Crippen MR) is 103 cm³/mol. The fourth-order valence-corrected chi connectivity index (χ4v) is 2.97. The minimum Gasteiger partial charge on any atom is -0.496 e. The number of benzene rings is 2. The summed E-state index contributed by atoms with van der Waals surface area (Å²) in [6.45, 7) is 4.12. The molecular formula is C20H24N4O3. The molecule has 142 valence electrons. The van der Waals surface area contributed by atoms with E-state index in [0.29, 0.717) is 12.3 Å². The minimum absolute atomic E-state index is 0.164. The van der Waals surface area contributed by atoms with Crippen molar-refractivity contribution >= 4 is 17.6 Å². The van der Waals surface area contributed by atoms with Crippen LogP contribution in [-0.4, -0.2) is 29.5 Å². The Bertz CT molecular complexity index is 836. The molecular weight excluding hydrogens is 344 g/mol. The van der Waals surface area contributed by atoms with Crippen molar-refractivity contribution in [3.05, 3.63) is 59.7 Å². The van der Waals surface area contributed by atoms with Gasteiger partial charge in [-0.05, 0) is 43.7 Å². The molecule has 0 bridgehead atoms. The fourth-order valence-electron chi connectivity index (χ4n) is 2.97. The van der Waals surface area contributed by atoms with Gasteiger partial charge in [0, 0.05) is 17.8 Å². The fraction of sp³-hybridized carbons (Fsp3) is 0.300. The summed E-state index contributed by atoms with van der Waals surface area (Å²) in [5, 5.41) is 2.69. The first-order valence-corrected chi connectivity index (χ1v) is 8.74. The number of anilines is 1. The summed E-state index contributed by atoms with van der Waals surface area (Å²) in [5.74, 6) is 0.393. The zero-order chi connectivity index (χ0) is 19.4. The number of urea groups is 1. The normalized spacial score (nSPS) is 15.6. The average Bonchev–Trinajstić information content (AvgIpc) is 2.84. The van der Waals surface area contributed by atoms with Crippen LogP contribution in [0.3, 0.4) is 0 Å². The molecule has 7 nitrogen and oxygen atoms in total. The van der Waals surface area contributed by atoms with Crippen LogP contribution < -0.4 is 20.9 Å². The van der Waals surface area contributed by atoms with Crippen LogP contribution in [0.1, 0.15) is 25.0 Å². The second-order valence-electron chi connectivity index (χ2n) is 6.94. The van der Waals surface area contributed by atoms with Crippen molar-refractivity contribution in [1.82, 2.24) is 15.6 Å². The molecule has 1 aliphatic rings. The molecule has 1 heterocycles. The number of hydrazine groups is 1. The molecule has 1 saturated heterocycles. The van der Waals surface area contributed by atoms with E-state index in [9.17, 15) is 9.59 Å². The highest BCUT2D eigenvalue weighted by molar-refractivity contribution is 6.06. The molecule has 0 unspecified atom stereocenters. The number of methoxy groups -OCH3 is 1. The predicted octanol–water partition coefficient (Wildman–Crippen LogP) is 2.64. The maximum atomic E-state index is 12.4. The number of hydrogen-bond donors (Lipinski definition) is 3. The number of nitrogens with one attached hydrogen (secondary N) is 3. The lowest BCUT2D eigenvalue weighted by atomic mass is 10.1. The Morgan fingerprint density at radius 2 is 1.85 bits per heavy atom. The number of rotatable bonds is 7. The van der Waals surface area contributed by atoms with E-state index in [2.05, 4.69) is 16.2 Å². The molecule has 0 saturated carbocycles. The Hall–Kier alpha value is -3.06. The van der Waals surface area contributed by atoms with E-state index in [1.54, 1.807) is 21.0 Å². The number of nitrogens with zero attached hydrogens (tertiary/aromatic N) is 1. The summed E-state index contributed by atoms with van der Waals surface area (Å²) in [5.41, 5.74) is 8.14. The summed E-state index contributed by atoms with van der Waals surface area (Å²) in [7, 11) is 1.57. The first kappa shape index (κ1) is 18.7. The van der Waals surface area contributed by atoms with Crippen molar-refractivity contribution in [2.45, 2.75) is 32.5 Å². The van der Waals surface area contributed by atoms with Crippen LogP contribution in [0.4, 0.5) is 10.5 Å². The molecule has 0 atom stereocenters. The van der Waals surface area contributed by atoms with Gasteiger partial charge < -0.3 is 15.5 Å². The summed E-state index contributed by atoms with van der Waals surface area (Å²) in [6.07, 6.45) is 0. The minimum atomic E-state index is -0.886. The van der Waals surface area contributed by atoms with Crippen molar-refractivity contribution < 1.29 is 14.3 Å². The van der Waals surface area contributed by atoms with Crippen LogP contribution in [0.5, 0.6) is 5.75 Å². The molecule has 3 N–H and O–H groups in total. The molecule has 2 aromatic rings. The molecule has 0 aliphatic carbocycles. The second kappa shape index (κ2) is 7.67. The molecule has 2 aromatic carbocycles. The van der Waals surface area contributed by atoms with Crippen LogP contribution in [0, 0.1) is 0 Å². The number of para-hydroxylation sites is 1. The second-order valence-corrected chi connectivity index (χ2v) is 6.94. The molecule has 7 heteroatoms. The van der Waals surface area contributed by atoms with Crippen LogP contribution in [0.2, 0.25) is 0 Å². The van der Waals surface area contributed by atoms with Gasteiger partial charge in [-0.2, -0.15) is 0 Å². The largest absolute Gasteiger partial charge is 0.496 e. The zero-order valence-corrected chi connectivity index (χ0v) is 15.7. The SMILES string of the molecule is COc1ccc(CNNc2ccccc2)cc1CN1C(=O)NC(C)(C)C1=O. The lowest BCUT2D eigenvalue weighted by Gasteiger charge is -2.18. The van der Waals surface area contributed by atoms with Crippen molar-refractivity contribution in [2.75, 3.05) is 12.5 Å². The van der Waals surface area contributed by atoms with Crippen LogP contribution in [-0.2, 0) is 17.9 Å². The van der Waals surface area contributed by atoms with E-state index in [1.165, 1.54) is 4.90 Å². The van der Waals surface area contributed by atoms with Gasteiger partial charge in [-0.3, -0.25) is 9.69 Å². The molecule has 27 heavy (non-hydrogen) atoms. The number of hydrogen-bond acceptors (Lipinski definition) is 5. The number of carbonyl (C=O) groups is 2. The molecule has 3 amide bonds. The molecule has 0 aromatic heterocycles. The van der Waals surface area contributed by atoms with Crippen LogP contribution in [0.15, 0.2) is 48.5 Å². The van der Waals surface area contributed by atoms with Gasteiger partial charge in [-0.15, -0.1) is 0 Å². The number of imide groups is 1. The van der Waals surface area contributed by atoms with Crippen LogP contribution >= 0.6 is 0 Å². The average molecular weight is 368 g/mol. The highest BCUT2D eigenvalue weighted by Gasteiger charge is 2.44. The van der Waals surface area contributed by atoms with Gasteiger partial charge in [-0.25, -0.2) is 10.2 Å². The van der Waals surface area contributed by atoms with E-state index < -0.39 is 5.54 Å². The van der Waals surface area contributed by atoms with Gasteiger partial charge in [0.25, 0.3) is 5.91 Å². The van der Waals surface area contributed by atoms with E-state index in [-0.39, 0.29) is 18.5 Å². The van der Waals surface area contributed by atoms with Crippen molar-refractivity contribution in [3.8, 4) is 5.75 Å². The third-order valence-electron chi connectivity index (χ3n) is 4.42. The number of carbonyl (C=O) groups excluding carboxylic acids is 2. The molecule has 1 fully saturated rings. The molecule has 3 rings (SSSR count). The van der Waals surface area contributed by atoms with E-state index in [1.807, 2.05) is 48.5 Å². The van der Waals surface area contributed by atoms with Crippen molar-refractivity contribution in [1.29, 1.82) is 0 Å². The Balaban J connectivity index is 1.70. The van der Waals surface area contributed by atoms with E-state index in [4.69, 9.17) is 4.74 Å². The van der Waals surface area contributed by atoms with Crippen molar-refractivity contribution in [2.24, 2.45) is 0 Å². The molecule has 1 aliphatic heterocycles.